The molecule has 0 aliphatic carbocycles. The largest absolute Gasteiger partial charge is 0.342 e. The summed E-state index contributed by atoms with van der Waals surface area (Å²) in [6, 6.07) is 5.29. The average molecular weight is 353 g/mol. The molecule has 1 saturated heterocycles. The van der Waals surface area contributed by atoms with Crippen molar-refractivity contribution in [2.75, 3.05) is 13.1 Å². The van der Waals surface area contributed by atoms with Gasteiger partial charge >= 0.3 is 0 Å². The molecule has 2 rings (SSSR count). The van der Waals surface area contributed by atoms with Crippen LogP contribution in [-0.4, -0.2) is 29.8 Å². The molecule has 19 heavy (non-hydrogen) atoms. The third kappa shape index (κ3) is 3.66. The molecule has 2 nitrogen and oxygen atoms in total. The van der Waals surface area contributed by atoms with E-state index in [1.807, 2.05) is 0 Å². The number of likely N-dealkylation sites (tertiary alicyclic amines) is 1. The minimum absolute atomic E-state index is 0.115. The topological polar surface area (TPSA) is 20.3 Å². The van der Waals surface area contributed by atoms with Crippen LogP contribution in [0.25, 0.3) is 0 Å². The van der Waals surface area contributed by atoms with Crippen molar-refractivity contribution in [2.24, 2.45) is 0 Å². The molecule has 0 unspecified atom stereocenters. The number of halogens is 4. The Balaban J connectivity index is 2.00. The van der Waals surface area contributed by atoms with Gasteiger partial charge in [0.1, 0.15) is 0 Å². The molecule has 1 aromatic carbocycles. The van der Waals surface area contributed by atoms with Crippen LogP contribution in [0.1, 0.15) is 18.4 Å². The highest BCUT2D eigenvalue weighted by Crippen LogP contribution is 2.29. The Bertz CT molecular complexity index is 486. The molecule has 0 spiro atoms. The zero-order valence-corrected chi connectivity index (χ0v) is 12.5. The number of piperidine rings is 1. The van der Waals surface area contributed by atoms with E-state index in [0.717, 1.165) is 5.56 Å². The minimum atomic E-state index is -2.63. The first kappa shape index (κ1) is 14.7. The Hall–Kier alpha value is -0.680. The first-order valence-corrected chi connectivity index (χ1v) is 7.15. The molecular formula is C13H13BrClF2NO. The molecule has 1 aromatic rings. The van der Waals surface area contributed by atoms with Gasteiger partial charge in [-0.15, -0.1) is 0 Å². The molecule has 1 aliphatic heterocycles. The van der Waals surface area contributed by atoms with Crippen LogP contribution in [0.2, 0.25) is 5.02 Å². The van der Waals surface area contributed by atoms with Gasteiger partial charge in [0.2, 0.25) is 5.91 Å². The van der Waals surface area contributed by atoms with E-state index < -0.39 is 5.92 Å². The fourth-order valence-electron chi connectivity index (χ4n) is 2.04. The van der Waals surface area contributed by atoms with E-state index in [1.54, 1.807) is 18.2 Å². The summed E-state index contributed by atoms with van der Waals surface area (Å²) in [5.41, 5.74) is 0.773. The van der Waals surface area contributed by atoms with E-state index in [-0.39, 0.29) is 38.3 Å². The van der Waals surface area contributed by atoms with Gasteiger partial charge in [-0.05, 0) is 27.6 Å². The van der Waals surface area contributed by atoms with E-state index in [4.69, 9.17) is 11.6 Å². The van der Waals surface area contributed by atoms with Gasteiger partial charge in [-0.25, -0.2) is 8.78 Å². The SMILES string of the molecule is O=C(Cc1cccc(Cl)c1Br)N1CCC(F)(F)CC1. The molecule has 0 saturated carbocycles. The van der Waals surface area contributed by atoms with E-state index in [9.17, 15) is 13.6 Å². The normalized spacial score (nSPS) is 18.4. The van der Waals surface area contributed by atoms with Crippen molar-refractivity contribution >= 4 is 33.4 Å². The summed E-state index contributed by atoms with van der Waals surface area (Å²) >= 11 is 9.28. The summed E-state index contributed by atoms with van der Waals surface area (Å²) in [6.07, 6.45) is -0.336. The monoisotopic (exact) mass is 351 g/mol. The zero-order valence-electron chi connectivity index (χ0n) is 10.1. The average Bonchev–Trinajstić information content (AvgIpc) is 2.35. The number of hydrogen-bond donors (Lipinski definition) is 0. The fraction of sp³-hybridized carbons (Fsp3) is 0.462. The molecule has 0 radical (unpaired) electrons. The highest BCUT2D eigenvalue weighted by atomic mass is 79.9. The van der Waals surface area contributed by atoms with Gasteiger partial charge in [0.15, 0.2) is 0 Å². The maximum atomic E-state index is 13.0. The molecular weight excluding hydrogens is 340 g/mol. The van der Waals surface area contributed by atoms with Gasteiger partial charge in [-0.3, -0.25) is 4.79 Å². The lowest BCUT2D eigenvalue weighted by molar-refractivity contribution is -0.136. The van der Waals surface area contributed by atoms with E-state index in [0.29, 0.717) is 9.50 Å². The van der Waals surface area contributed by atoms with Gasteiger partial charge < -0.3 is 4.90 Å². The van der Waals surface area contributed by atoms with Crippen molar-refractivity contribution in [3.63, 3.8) is 0 Å². The van der Waals surface area contributed by atoms with Gasteiger partial charge in [0.05, 0.1) is 11.4 Å². The number of carbonyl (C=O) groups excluding carboxylic acids is 1. The minimum Gasteiger partial charge on any atom is -0.342 e. The lowest BCUT2D eigenvalue weighted by Crippen LogP contribution is -2.43. The number of rotatable bonds is 2. The Morgan fingerprint density at radius 2 is 2.00 bits per heavy atom. The molecule has 1 heterocycles. The standard InChI is InChI=1S/C13H13BrClF2NO/c14-12-9(2-1-3-10(12)15)8-11(19)18-6-4-13(16,17)5-7-18/h1-3H,4-8H2. The van der Waals surface area contributed by atoms with Gasteiger partial charge in [-0.1, -0.05) is 23.7 Å². The van der Waals surface area contributed by atoms with Crippen LogP contribution in [0, 0.1) is 0 Å². The first-order valence-electron chi connectivity index (χ1n) is 5.97. The Morgan fingerprint density at radius 3 is 2.63 bits per heavy atom. The summed E-state index contributed by atoms with van der Waals surface area (Å²) in [6.45, 7) is 0.230. The second-order valence-electron chi connectivity index (χ2n) is 4.63. The molecule has 0 N–H and O–H groups in total. The van der Waals surface area contributed by atoms with Crippen molar-refractivity contribution in [1.29, 1.82) is 0 Å². The smallest absolute Gasteiger partial charge is 0.251 e. The van der Waals surface area contributed by atoms with Gasteiger partial charge in [0, 0.05) is 30.4 Å². The van der Waals surface area contributed by atoms with Crippen LogP contribution in [-0.2, 0) is 11.2 Å². The Morgan fingerprint density at radius 1 is 1.37 bits per heavy atom. The summed E-state index contributed by atoms with van der Waals surface area (Å²) in [7, 11) is 0. The van der Waals surface area contributed by atoms with Crippen LogP contribution in [0.4, 0.5) is 8.78 Å². The van der Waals surface area contributed by atoms with Crippen molar-refractivity contribution < 1.29 is 13.6 Å². The maximum Gasteiger partial charge on any atom is 0.251 e. The van der Waals surface area contributed by atoms with Crippen molar-refractivity contribution in [1.82, 2.24) is 4.90 Å². The zero-order chi connectivity index (χ0) is 14.0. The van der Waals surface area contributed by atoms with Crippen LogP contribution < -0.4 is 0 Å². The number of alkyl halides is 2. The molecule has 1 fully saturated rings. The fourth-order valence-corrected chi connectivity index (χ4v) is 2.64. The molecule has 104 valence electrons. The predicted octanol–water partition coefficient (Wildman–Crippen LogP) is 3.90. The molecule has 0 aromatic heterocycles. The second kappa shape index (κ2) is 5.75. The van der Waals surface area contributed by atoms with Gasteiger partial charge in [-0.2, -0.15) is 0 Å². The van der Waals surface area contributed by atoms with Gasteiger partial charge in [0.25, 0.3) is 5.92 Å². The molecule has 0 atom stereocenters. The summed E-state index contributed by atoms with van der Waals surface area (Å²) < 4.78 is 26.7. The highest BCUT2D eigenvalue weighted by Gasteiger charge is 2.35. The van der Waals surface area contributed by atoms with Crippen molar-refractivity contribution in [3.8, 4) is 0 Å². The number of hydrogen-bond acceptors (Lipinski definition) is 1. The highest BCUT2D eigenvalue weighted by molar-refractivity contribution is 9.10. The number of carbonyl (C=O) groups is 1. The lowest BCUT2D eigenvalue weighted by atomic mass is 10.1. The third-order valence-electron chi connectivity index (χ3n) is 3.22. The maximum absolute atomic E-state index is 13.0. The summed E-state index contributed by atoms with van der Waals surface area (Å²) in [4.78, 5) is 13.5. The van der Waals surface area contributed by atoms with Crippen LogP contribution in [0.5, 0.6) is 0 Å². The van der Waals surface area contributed by atoms with E-state index in [2.05, 4.69) is 15.9 Å². The second-order valence-corrected chi connectivity index (χ2v) is 5.83. The Labute approximate surface area is 123 Å². The molecule has 0 bridgehead atoms. The first-order chi connectivity index (χ1) is 8.89. The predicted molar refractivity (Wildman–Crippen MR) is 73.6 cm³/mol. The van der Waals surface area contributed by atoms with Crippen LogP contribution in [0.3, 0.4) is 0 Å². The van der Waals surface area contributed by atoms with Crippen LogP contribution >= 0.6 is 27.5 Å². The van der Waals surface area contributed by atoms with E-state index in [1.165, 1.54) is 4.90 Å². The Kier molecular flexibility index (Phi) is 4.46. The number of benzene rings is 1. The summed E-state index contributed by atoms with van der Waals surface area (Å²) in [5, 5.41) is 0.537. The quantitative estimate of drug-likeness (QED) is 0.790. The number of amides is 1. The van der Waals surface area contributed by atoms with Crippen LogP contribution in [0.15, 0.2) is 22.7 Å². The molecule has 1 aliphatic rings. The molecule has 6 heteroatoms. The third-order valence-corrected chi connectivity index (χ3v) is 4.70. The lowest BCUT2D eigenvalue weighted by Gasteiger charge is -2.31. The van der Waals surface area contributed by atoms with E-state index >= 15 is 0 Å². The number of nitrogens with zero attached hydrogens (tertiary/aromatic N) is 1. The summed E-state index contributed by atoms with van der Waals surface area (Å²) in [5.74, 6) is -2.77. The van der Waals surface area contributed by atoms with Crippen molar-refractivity contribution in [3.05, 3.63) is 33.3 Å². The van der Waals surface area contributed by atoms with Crippen molar-refractivity contribution in [2.45, 2.75) is 25.2 Å². The molecule has 1 amide bonds.